The summed E-state index contributed by atoms with van der Waals surface area (Å²) in [5.74, 6) is -2.91. The van der Waals surface area contributed by atoms with Crippen molar-refractivity contribution in [1.29, 1.82) is 0 Å². The van der Waals surface area contributed by atoms with Gasteiger partial charge in [0.05, 0.1) is 11.4 Å². The van der Waals surface area contributed by atoms with Crippen molar-refractivity contribution in [3.63, 3.8) is 0 Å². The van der Waals surface area contributed by atoms with Crippen molar-refractivity contribution in [2.75, 3.05) is 10.6 Å². The molecule has 0 aliphatic carbocycles. The summed E-state index contributed by atoms with van der Waals surface area (Å²) in [5, 5.41) is 4.58. The summed E-state index contributed by atoms with van der Waals surface area (Å²) in [6.45, 7) is 2.95. The van der Waals surface area contributed by atoms with Crippen LogP contribution in [0.5, 0.6) is 0 Å². The van der Waals surface area contributed by atoms with Crippen molar-refractivity contribution in [2.24, 2.45) is 0 Å². The fraction of sp³-hybridized carbons (Fsp3) is 0.111. The molecule has 0 spiro atoms. The molecule has 6 heteroatoms. The Balaban J connectivity index is 2.21. The van der Waals surface area contributed by atoms with Crippen LogP contribution in [0.15, 0.2) is 48.5 Å². The lowest BCUT2D eigenvalue weighted by Crippen LogP contribution is -2.13. The highest BCUT2D eigenvalue weighted by molar-refractivity contribution is 6.04. The molecule has 2 aromatic carbocycles. The first-order valence-corrected chi connectivity index (χ1v) is 7.18. The normalized spacial score (nSPS) is 11.1. The Hall–Kier alpha value is -3.02. The van der Waals surface area contributed by atoms with Crippen LogP contribution < -0.4 is 10.6 Å². The second kappa shape index (κ2) is 7.50. The van der Waals surface area contributed by atoms with E-state index in [1.54, 1.807) is 6.92 Å². The van der Waals surface area contributed by atoms with E-state index in [1.807, 2.05) is 30.3 Å². The fourth-order valence-electron chi connectivity index (χ4n) is 2.08. The maximum Gasteiger partial charge on any atom is 0.248 e. The third kappa shape index (κ3) is 4.49. The maximum absolute atomic E-state index is 13.8. The van der Waals surface area contributed by atoms with Crippen LogP contribution in [0.2, 0.25) is 0 Å². The van der Waals surface area contributed by atoms with Crippen LogP contribution >= 0.6 is 0 Å². The topological polar surface area (TPSA) is 58.2 Å². The summed E-state index contributed by atoms with van der Waals surface area (Å²) < 4.78 is 27.4. The number of allylic oxidation sites excluding steroid dienone is 1. The quantitative estimate of drug-likeness (QED) is 0.834. The minimum atomic E-state index is -0.930. The molecule has 0 atom stereocenters. The number of carbonyl (C=O) groups excluding carboxylic acids is 2. The first-order valence-electron chi connectivity index (χ1n) is 7.18. The molecular formula is C18H16F2N2O2. The van der Waals surface area contributed by atoms with E-state index < -0.39 is 23.4 Å². The predicted octanol–water partition coefficient (Wildman–Crippen LogP) is 3.97. The van der Waals surface area contributed by atoms with Gasteiger partial charge in [-0.05, 0) is 24.1 Å². The molecule has 0 unspecified atom stereocenters. The summed E-state index contributed by atoms with van der Waals surface area (Å²) in [6, 6.07) is 10.9. The molecule has 0 aromatic heterocycles. The summed E-state index contributed by atoms with van der Waals surface area (Å²) in [4.78, 5) is 23.0. The van der Waals surface area contributed by atoms with Crippen molar-refractivity contribution in [3.05, 3.63) is 65.7 Å². The molecule has 4 nitrogen and oxygen atoms in total. The summed E-state index contributed by atoms with van der Waals surface area (Å²) in [6.07, 6.45) is 1.32. The number of amides is 2. The van der Waals surface area contributed by atoms with Gasteiger partial charge in [-0.3, -0.25) is 9.59 Å². The zero-order chi connectivity index (χ0) is 17.7. The molecule has 0 radical (unpaired) electrons. The molecule has 0 bridgehead atoms. The molecule has 2 aromatic rings. The monoisotopic (exact) mass is 330 g/mol. The third-order valence-corrected chi connectivity index (χ3v) is 3.20. The predicted molar refractivity (Wildman–Crippen MR) is 89.4 cm³/mol. The van der Waals surface area contributed by atoms with E-state index in [1.165, 1.54) is 13.0 Å². The number of benzene rings is 2. The van der Waals surface area contributed by atoms with E-state index >= 15 is 0 Å². The molecule has 0 fully saturated rings. The highest BCUT2D eigenvalue weighted by atomic mass is 19.1. The molecule has 0 saturated carbocycles. The zero-order valence-corrected chi connectivity index (χ0v) is 13.2. The lowest BCUT2D eigenvalue weighted by Gasteiger charge is -2.09. The number of hydrogen-bond acceptors (Lipinski definition) is 2. The number of hydrogen-bond donors (Lipinski definition) is 2. The van der Waals surface area contributed by atoms with Gasteiger partial charge < -0.3 is 10.6 Å². The molecule has 2 amide bonds. The Morgan fingerprint density at radius 3 is 2.08 bits per heavy atom. The minimum Gasteiger partial charge on any atom is -0.324 e. The van der Waals surface area contributed by atoms with E-state index in [-0.39, 0.29) is 11.4 Å². The number of halogens is 2. The van der Waals surface area contributed by atoms with Gasteiger partial charge in [0.1, 0.15) is 11.6 Å². The first kappa shape index (κ1) is 17.3. The van der Waals surface area contributed by atoms with Gasteiger partial charge in [-0.15, -0.1) is 0 Å². The van der Waals surface area contributed by atoms with Crippen molar-refractivity contribution in [2.45, 2.75) is 13.8 Å². The molecule has 24 heavy (non-hydrogen) atoms. The smallest absolute Gasteiger partial charge is 0.248 e. The first-order chi connectivity index (χ1) is 11.4. The molecule has 0 aliphatic heterocycles. The molecule has 0 saturated heterocycles. The molecule has 0 heterocycles. The highest BCUT2D eigenvalue weighted by Gasteiger charge is 2.12. The molecule has 124 valence electrons. The van der Waals surface area contributed by atoms with Gasteiger partial charge in [-0.2, -0.15) is 0 Å². The van der Waals surface area contributed by atoms with Crippen LogP contribution in [-0.4, -0.2) is 11.8 Å². The average Bonchev–Trinajstić information content (AvgIpc) is 2.52. The van der Waals surface area contributed by atoms with Gasteiger partial charge in [0.25, 0.3) is 0 Å². The minimum absolute atomic E-state index is 0.206. The summed E-state index contributed by atoms with van der Waals surface area (Å²) in [7, 11) is 0. The Bertz CT molecular complexity index is 802. The van der Waals surface area contributed by atoms with Crippen molar-refractivity contribution in [1.82, 2.24) is 0 Å². The second-order valence-corrected chi connectivity index (χ2v) is 5.18. The van der Waals surface area contributed by atoms with Crippen LogP contribution in [0.1, 0.15) is 19.4 Å². The molecule has 2 N–H and O–H groups in total. The van der Waals surface area contributed by atoms with Crippen LogP contribution in [0.4, 0.5) is 20.2 Å². The van der Waals surface area contributed by atoms with Gasteiger partial charge in [-0.1, -0.05) is 30.3 Å². The van der Waals surface area contributed by atoms with Gasteiger partial charge in [0, 0.05) is 19.1 Å². The van der Waals surface area contributed by atoms with Gasteiger partial charge >= 0.3 is 0 Å². The van der Waals surface area contributed by atoms with Crippen LogP contribution in [0, 0.1) is 11.6 Å². The fourth-order valence-corrected chi connectivity index (χ4v) is 2.08. The maximum atomic E-state index is 13.8. The number of rotatable bonds is 4. The standard InChI is InChI=1S/C18H16F2N2O2/c1-11(13-6-4-3-5-7-13)8-18(24)22-17-10-16(21-12(2)23)14(19)9-15(17)20/h3-10H,1-2H3,(H,21,23)(H,22,24)/b11-8+. The van der Waals surface area contributed by atoms with Crippen molar-refractivity contribution >= 4 is 28.8 Å². The SMILES string of the molecule is CC(=O)Nc1cc(NC(=O)/C=C(\C)c2ccccc2)c(F)cc1F. The molecule has 0 aliphatic rings. The Kier molecular flexibility index (Phi) is 5.42. The molecule has 2 rings (SSSR count). The number of carbonyl (C=O) groups is 2. The van der Waals surface area contributed by atoms with E-state index in [9.17, 15) is 18.4 Å². The third-order valence-electron chi connectivity index (χ3n) is 3.20. The van der Waals surface area contributed by atoms with Crippen LogP contribution in [0.25, 0.3) is 5.57 Å². The lowest BCUT2D eigenvalue weighted by atomic mass is 10.1. The lowest BCUT2D eigenvalue weighted by molar-refractivity contribution is -0.114. The van der Waals surface area contributed by atoms with E-state index in [0.29, 0.717) is 11.6 Å². The zero-order valence-electron chi connectivity index (χ0n) is 13.2. The Morgan fingerprint density at radius 2 is 1.50 bits per heavy atom. The number of anilines is 2. The molecular weight excluding hydrogens is 314 g/mol. The van der Waals surface area contributed by atoms with Gasteiger partial charge in [-0.25, -0.2) is 8.78 Å². The van der Waals surface area contributed by atoms with Crippen LogP contribution in [0.3, 0.4) is 0 Å². The van der Waals surface area contributed by atoms with Crippen LogP contribution in [-0.2, 0) is 9.59 Å². The Labute approximate surface area is 138 Å². The summed E-state index contributed by atoms with van der Waals surface area (Å²) in [5.41, 5.74) is 1.12. The highest BCUT2D eigenvalue weighted by Crippen LogP contribution is 2.24. The van der Waals surface area contributed by atoms with E-state index in [0.717, 1.165) is 11.6 Å². The summed E-state index contributed by atoms with van der Waals surface area (Å²) >= 11 is 0. The second-order valence-electron chi connectivity index (χ2n) is 5.18. The average molecular weight is 330 g/mol. The van der Waals surface area contributed by atoms with Crippen molar-refractivity contribution in [3.8, 4) is 0 Å². The van der Waals surface area contributed by atoms with E-state index in [4.69, 9.17) is 0 Å². The van der Waals surface area contributed by atoms with E-state index in [2.05, 4.69) is 10.6 Å². The van der Waals surface area contributed by atoms with Crippen molar-refractivity contribution < 1.29 is 18.4 Å². The van der Waals surface area contributed by atoms with Gasteiger partial charge in [0.15, 0.2) is 0 Å². The Morgan fingerprint density at radius 1 is 0.917 bits per heavy atom. The number of nitrogens with one attached hydrogen (secondary N) is 2. The largest absolute Gasteiger partial charge is 0.324 e. The van der Waals surface area contributed by atoms with Gasteiger partial charge in [0.2, 0.25) is 11.8 Å².